The summed E-state index contributed by atoms with van der Waals surface area (Å²) in [5.41, 5.74) is 6.46. The highest BCUT2D eigenvalue weighted by molar-refractivity contribution is 5.73. The van der Waals surface area contributed by atoms with Crippen LogP contribution < -0.4 is 5.73 Å². The molecule has 0 fully saturated rings. The minimum Gasteiger partial charge on any atom is -0.467 e. The number of aromatic nitrogens is 2. The van der Waals surface area contributed by atoms with Gasteiger partial charge in [0.15, 0.2) is 0 Å². The second kappa shape index (κ2) is 4.13. The third kappa shape index (κ3) is 1.86. The number of methoxy groups -OCH3 is 1. The van der Waals surface area contributed by atoms with Crippen LogP contribution in [-0.2, 0) is 9.53 Å². The van der Waals surface area contributed by atoms with E-state index in [-0.39, 0.29) is 12.0 Å². The molecule has 1 heterocycles. The van der Waals surface area contributed by atoms with Crippen LogP contribution in [0.3, 0.4) is 0 Å². The molecule has 1 atom stereocenters. The van der Waals surface area contributed by atoms with Crippen LogP contribution in [0.15, 0.2) is 6.20 Å². The Hall–Kier alpha value is -1.52. The van der Waals surface area contributed by atoms with Crippen LogP contribution in [0.1, 0.15) is 24.9 Å². The maximum Gasteiger partial charge on any atom is 0.330 e. The van der Waals surface area contributed by atoms with Crippen LogP contribution in [0, 0.1) is 6.92 Å². The summed E-state index contributed by atoms with van der Waals surface area (Å²) in [5.74, 6) is 0.155. The number of ether oxygens (including phenoxy) is 1. The number of anilines is 1. The van der Waals surface area contributed by atoms with Crippen LogP contribution in [0.4, 0.5) is 5.82 Å². The molecule has 0 aromatic carbocycles. The number of hydrogen-bond acceptors (Lipinski definition) is 4. The monoisotopic (exact) mass is 197 g/mol. The molecule has 0 saturated heterocycles. The van der Waals surface area contributed by atoms with Crippen molar-refractivity contribution in [1.82, 2.24) is 9.78 Å². The number of nitrogen functional groups attached to an aromatic ring is 1. The first-order chi connectivity index (χ1) is 6.60. The van der Waals surface area contributed by atoms with Crippen molar-refractivity contribution < 1.29 is 9.53 Å². The maximum atomic E-state index is 11.3. The number of nitrogens with zero attached hydrogens (tertiary/aromatic N) is 2. The Kier molecular flexibility index (Phi) is 3.11. The Labute approximate surface area is 82.8 Å². The number of aryl methyl sites for hydroxylation is 1. The molecule has 78 valence electrons. The summed E-state index contributed by atoms with van der Waals surface area (Å²) in [4.78, 5) is 11.3. The van der Waals surface area contributed by atoms with E-state index in [9.17, 15) is 4.79 Å². The van der Waals surface area contributed by atoms with Gasteiger partial charge in [-0.2, -0.15) is 5.10 Å². The minimum absolute atomic E-state index is 0.296. The molecule has 14 heavy (non-hydrogen) atoms. The van der Waals surface area contributed by atoms with E-state index in [1.807, 2.05) is 13.8 Å². The average molecular weight is 197 g/mol. The highest BCUT2D eigenvalue weighted by Gasteiger charge is 2.20. The number of nitrogens with two attached hydrogens (primary N) is 1. The molecule has 1 unspecified atom stereocenters. The molecule has 0 radical (unpaired) electrons. The Morgan fingerprint density at radius 3 is 2.79 bits per heavy atom. The van der Waals surface area contributed by atoms with Crippen molar-refractivity contribution in [2.45, 2.75) is 26.3 Å². The average Bonchev–Trinajstić information content (AvgIpc) is 2.48. The predicted molar refractivity (Wildman–Crippen MR) is 52.7 cm³/mol. The van der Waals surface area contributed by atoms with Gasteiger partial charge in [0, 0.05) is 11.8 Å². The summed E-state index contributed by atoms with van der Waals surface area (Å²) < 4.78 is 6.22. The lowest BCUT2D eigenvalue weighted by Gasteiger charge is -2.12. The zero-order valence-electron chi connectivity index (χ0n) is 8.65. The van der Waals surface area contributed by atoms with Gasteiger partial charge in [0.05, 0.1) is 7.11 Å². The summed E-state index contributed by atoms with van der Waals surface area (Å²) in [6.45, 7) is 3.75. The van der Waals surface area contributed by atoms with Crippen LogP contribution in [0.25, 0.3) is 0 Å². The van der Waals surface area contributed by atoms with E-state index in [0.717, 1.165) is 5.56 Å². The van der Waals surface area contributed by atoms with Gasteiger partial charge in [-0.15, -0.1) is 0 Å². The van der Waals surface area contributed by atoms with Gasteiger partial charge >= 0.3 is 5.97 Å². The van der Waals surface area contributed by atoms with E-state index in [4.69, 9.17) is 5.73 Å². The molecule has 1 rings (SSSR count). The zero-order chi connectivity index (χ0) is 10.7. The third-order valence-corrected chi connectivity index (χ3v) is 2.13. The second-order valence-corrected chi connectivity index (χ2v) is 3.12. The van der Waals surface area contributed by atoms with Crippen LogP contribution in [0.5, 0.6) is 0 Å². The lowest BCUT2D eigenvalue weighted by molar-refractivity contribution is -0.145. The smallest absolute Gasteiger partial charge is 0.330 e. The lowest BCUT2D eigenvalue weighted by Crippen LogP contribution is -2.20. The zero-order valence-corrected chi connectivity index (χ0v) is 8.65. The van der Waals surface area contributed by atoms with Crippen molar-refractivity contribution in [1.29, 1.82) is 0 Å². The van der Waals surface area contributed by atoms with Crippen molar-refractivity contribution in [3.8, 4) is 0 Å². The fourth-order valence-electron chi connectivity index (χ4n) is 1.25. The molecule has 2 N–H and O–H groups in total. The van der Waals surface area contributed by atoms with Crippen molar-refractivity contribution in [3.63, 3.8) is 0 Å². The molecule has 5 nitrogen and oxygen atoms in total. The number of carbonyl (C=O) groups excluding carboxylic acids is 1. The summed E-state index contributed by atoms with van der Waals surface area (Å²) in [5, 5.41) is 4.04. The van der Waals surface area contributed by atoms with Gasteiger partial charge in [-0.25, -0.2) is 4.79 Å². The molecule has 0 aliphatic heterocycles. The van der Waals surface area contributed by atoms with Crippen molar-refractivity contribution in [2.24, 2.45) is 0 Å². The normalized spacial score (nSPS) is 12.5. The van der Waals surface area contributed by atoms with Crippen LogP contribution in [-0.4, -0.2) is 22.9 Å². The number of carbonyl (C=O) groups is 1. The molecular weight excluding hydrogens is 182 g/mol. The highest BCUT2D eigenvalue weighted by atomic mass is 16.5. The largest absolute Gasteiger partial charge is 0.467 e. The Morgan fingerprint density at radius 1 is 1.79 bits per heavy atom. The fraction of sp³-hybridized carbons (Fsp3) is 0.556. The van der Waals surface area contributed by atoms with Gasteiger partial charge in [0.2, 0.25) is 0 Å². The predicted octanol–water partition coefficient (Wildman–Crippen LogP) is 0.898. The topological polar surface area (TPSA) is 70.1 Å². The standard InChI is InChI=1S/C9H15N3O2/c1-4-7(9(13)14-3)12-5-6(2)8(10)11-12/h5,7H,4H2,1-3H3,(H2,10,11). The quantitative estimate of drug-likeness (QED) is 0.731. The second-order valence-electron chi connectivity index (χ2n) is 3.12. The number of esters is 1. The summed E-state index contributed by atoms with van der Waals surface area (Å²) in [6, 6.07) is -0.379. The first-order valence-corrected chi connectivity index (χ1v) is 4.49. The molecule has 0 aliphatic rings. The van der Waals surface area contributed by atoms with Gasteiger partial charge in [0.1, 0.15) is 11.9 Å². The Bertz CT molecular complexity index is 313. The SMILES string of the molecule is CCC(C(=O)OC)n1cc(C)c(N)n1. The summed E-state index contributed by atoms with van der Waals surface area (Å²) in [7, 11) is 1.37. The lowest BCUT2D eigenvalue weighted by atomic mass is 10.2. The molecule has 0 amide bonds. The van der Waals surface area contributed by atoms with Gasteiger partial charge in [0.25, 0.3) is 0 Å². The molecule has 0 spiro atoms. The number of hydrogen-bond donors (Lipinski definition) is 1. The Balaban J connectivity index is 2.95. The maximum absolute atomic E-state index is 11.3. The van der Waals surface area contributed by atoms with Gasteiger partial charge in [-0.3, -0.25) is 4.68 Å². The molecule has 1 aromatic rings. The summed E-state index contributed by atoms with van der Waals surface area (Å²) in [6.07, 6.45) is 2.38. The van der Waals surface area contributed by atoms with Gasteiger partial charge in [-0.1, -0.05) is 6.92 Å². The highest BCUT2D eigenvalue weighted by Crippen LogP contribution is 2.16. The first kappa shape index (κ1) is 10.6. The number of rotatable bonds is 3. The first-order valence-electron chi connectivity index (χ1n) is 4.49. The van der Waals surface area contributed by atoms with E-state index >= 15 is 0 Å². The van der Waals surface area contributed by atoms with Crippen LogP contribution in [0.2, 0.25) is 0 Å². The molecule has 0 bridgehead atoms. The van der Waals surface area contributed by atoms with Crippen molar-refractivity contribution >= 4 is 11.8 Å². The third-order valence-electron chi connectivity index (χ3n) is 2.13. The van der Waals surface area contributed by atoms with E-state index in [1.165, 1.54) is 7.11 Å². The van der Waals surface area contributed by atoms with E-state index in [2.05, 4.69) is 9.84 Å². The van der Waals surface area contributed by atoms with Crippen molar-refractivity contribution in [2.75, 3.05) is 12.8 Å². The van der Waals surface area contributed by atoms with E-state index < -0.39 is 0 Å². The van der Waals surface area contributed by atoms with Gasteiger partial charge in [-0.05, 0) is 13.3 Å². The van der Waals surface area contributed by atoms with Gasteiger partial charge < -0.3 is 10.5 Å². The molecule has 0 saturated carbocycles. The van der Waals surface area contributed by atoms with E-state index in [0.29, 0.717) is 12.2 Å². The molecule has 5 heteroatoms. The Morgan fingerprint density at radius 2 is 2.43 bits per heavy atom. The van der Waals surface area contributed by atoms with Crippen LogP contribution >= 0.6 is 0 Å². The van der Waals surface area contributed by atoms with Crippen molar-refractivity contribution in [3.05, 3.63) is 11.8 Å². The summed E-state index contributed by atoms with van der Waals surface area (Å²) >= 11 is 0. The molecular formula is C9H15N3O2. The molecule has 1 aromatic heterocycles. The van der Waals surface area contributed by atoms with E-state index in [1.54, 1.807) is 10.9 Å². The fourth-order valence-corrected chi connectivity index (χ4v) is 1.25. The minimum atomic E-state index is -0.379. The molecule has 0 aliphatic carbocycles.